The van der Waals surface area contributed by atoms with Crippen LogP contribution < -0.4 is 5.32 Å². The summed E-state index contributed by atoms with van der Waals surface area (Å²) in [7, 11) is 1.73. The Kier molecular flexibility index (Phi) is 5.77. The molecule has 0 aliphatic heterocycles. The first-order valence-corrected chi connectivity index (χ1v) is 7.12. The van der Waals surface area contributed by atoms with Crippen molar-refractivity contribution in [2.45, 2.75) is 39.6 Å². The van der Waals surface area contributed by atoms with Crippen LogP contribution in [0.5, 0.6) is 0 Å². The van der Waals surface area contributed by atoms with Crippen molar-refractivity contribution in [2.24, 2.45) is 0 Å². The molecule has 1 aromatic carbocycles. The fourth-order valence-electron chi connectivity index (χ4n) is 2.27. The van der Waals surface area contributed by atoms with Crippen LogP contribution in [-0.4, -0.2) is 16.9 Å². The molecule has 4 heteroatoms. The third-order valence-corrected chi connectivity index (χ3v) is 3.28. The molecule has 1 heterocycles. The molecule has 0 saturated carbocycles. The maximum atomic E-state index is 5.23. The predicted octanol–water partition coefficient (Wildman–Crippen LogP) is 2.73. The van der Waals surface area contributed by atoms with Gasteiger partial charge in [0.05, 0.1) is 12.3 Å². The van der Waals surface area contributed by atoms with E-state index in [2.05, 4.69) is 46.3 Å². The van der Waals surface area contributed by atoms with Crippen molar-refractivity contribution in [3.8, 4) is 0 Å². The molecule has 108 valence electrons. The Bertz CT molecular complexity index is 522. The lowest BCUT2D eigenvalue weighted by Crippen LogP contribution is -2.17. The zero-order chi connectivity index (χ0) is 14.2. The first-order valence-electron chi connectivity index (χ1n) is 7.12. The number of aryl methyl sites for hydroxylation is 1. The summed E-state index contributed by atoms with van der Waals surface area (Å²) in [6.07, 6.45) is 2.97. The average Bonchev–Trinajstić information content (AvgIpc) is 2.89. The van der Waals surface area contributed by atoms with Crippen molar-refractivity contribution in [3.63, 3.8) is 0 Å². The van der Waals surface area contributed by atoms with E-state index in [1.165, 1.54) is 16.8 Å². The lowest BCUT2D eigenvalue weighted by molar-refractivity contribution is 0.184. The number of nitrogens with one attached hydrogen (secondary N) is 1. The topological polar surface area (TPSA) is 39.1 Å². The van der Waals surface area contributed by atoms with E-state index in [0.29, 0.717) is 6.61 Å². The van der Waals surface area contributed by atoms with Crippen molar-refractivity contribution in [2.75, 3.05) is 7.11 Å². The van der Waals surface area contributed by atoms with Crippen LogP contribution in [0.15, 0.2) is 36.5 Å². The van der Waals surface area contributed by atoms with Gasteiger partial charge in [-0.3, -0.25) is 4.68 Å². The van der Waals surface area contributed by atoms with Gasteiger partial charge in [-0.25, -0.2) is 0 Å². The second-order valence-corrected chi connectivity index (χ2v) is 4.85. The van der Waals surface area contributed by atoms with Crippen molar-refractivity contribution in [1.29, 1.82) is 0 Å². The third kappa shape index (κ3) is 3.92. The van der Waals surface area contributed by atoms with Gasteiger partial charge in [-0.2, -0.15) is 5.10 Å². The molecule has 0 spiro atoms. The minimum Gasteiger partial charge on any atom is -0.380 e. The maximum Gasteiger partial charge on any atom is 0.0716 e. The first kappa shape index (κ1) is 14.8. The lowest BCUT2D eigenvalue weighted by Gasteiger charge is -2.11. The molecular weight excluding hydrogens is 250 g/mol. The monoisotopic (exact) mass is 273 g/mol. The minimum absolute atomic E-state index is 0.658. The number of hydrogen-bond donors (Lipinski definition) is 1. The van der Waals surface area contributed by atoms with Crippen molar-refractivity contribution < 1.29 is 4.74 Å². The quantitative estimate of drug-likeness (QED) is 0.804. The summed E-state index contributed by atoms with van der Waals surface area (Å²) in [6, 6.07) is 10.4. The van der Waals surface area contributed by atoms with Gasteiger partial charge in [-0.1, -0.05) is 31.2 Å². The van der Waals surface area contributed by atoms with E-state index in [4.69, 9.17) is 4.74 Å². The summed E-state index contributed by atoms with van der Waals surface area (Å²) >= 11 is 0. The number of methoxy groups -OCH3 is 1. The third-order valence-electron chi connectivity index (χ3n) is 3.28. The summed E-state index contributed by atoms with van der Waals surface area (Å²) in [5.41, 5.74) is 3.76. The smallest absolute Gasteiger partial charge is 0.0716 e. The van der Waals surface area contributed by atoms with Gasteiger partial charge in [-0.15, -0.1) is 0 Å². The largest absolute Gasteiger partial charge is 0.380 e. The van der Waals surface area contributed by atoms with Gasteiger partial charge in [0.25, 0.3) is 0 Å². The zero-order valence-corrected chi connectivity index (χ0v) is 12.3. The molecular formula is C16H23N3O. The molecule has 0 saturated heterocycles. The highest BCUT2D eigenvalue weighted by atomic mass is 16.5. The summed E-state index contributed by atoms with van der Waals surface area (Å²) in [6.45, 7) is 5.48. The Morgan fingerprint density at radius 3 is 2.70 bits per heavy atom. The SMILES string of the molecule is CCCn1nccc1CNCc1ccccc1COC. The highest BCUT2D eigenvalue weighted by Crippen LogP contribution is 2.10. The number of rotatable bonds is 8. The standard InChI is InChI=1S/C16H23N3O/c1-3-10-19-16(8-9-18-19)12-17-11-14-6-4-5-7-15(14)13-20-2/h4-9,17H,3,10-13H2,1-2H3. The first-order chi connectivity index (χ1) is 9.85. The molecule has 2 aromatic rings. The second-order valence-electron chi connectivity index (χ2n) is 4.85. The maximum absolute atomic E-state index is 5.23. The average molecular weight is 273 g/mol. The summed E-state index contributed by atoms with van der Waals surface area (Å²) in [5.74, 6) is 0. The number of aromatic nitrogens is 2. The molecule has 0 amide bonds. The molecule has 0 fully saturated rings. The van der Waals surface area contributed by atoms with Gasteiger partial charge >= 0.3 is 0 Å². The van der Waals surface area contributed by atoms with E-state index < -0.39 is 0 Å². The molecule has 0 unspecified atom stereocenters. The molecule has 2 rings (SSSR count). The predicted molar refractivity (Wildman–Crippen MR) is 80.2 cm³/mol. The molecule has 0 aliphatic rings. The molecule has 20 heavy (non-hydrogen) atoms. The lowest BCUT2D eigenvalue weighted by atomic mass is 10.1. The molecule has 0 aliphatic carbocycles. The molecule has 4 nitrogen and oxygen atoms in total. The van der Waals surface area contributed by atoms with E-state index in [-0.39, 0.29) is 0 Å². The van der Waals surface area contributed by atoms with Crippen LogP contribution in [0.2, 0.25) is 0 Å². The number of benzene rings is 1. The molecule has 0 atom stereocenters. The summed E-state index contributed by atoms with van der Waals surface area (Å²) in [5, 5.41) is 7.82. The Hall–Kier alpha value is -1.65. The zero-order valence-electron chi connectivity index (χ0n) is 12.3. The van der Waals surface area contributed by atoms with E-state index in [1.54, 1.807) is 7.11 Å². The Labute approximate surface area is 120 Å². The molecule has 1 N–H and O–H groups in total. The van der Waals surface area contributed by atoms with Gasteiger partial charge < -0.3 is 10.1 Å². The van der Waals surface area contributed by atoms with Crippen LogP contribution in [0.1, 0.15) is 30.2 Å². The normalized spacial score (nSPS) is 10.9. The van der Waals surface area contributed by atoms with Gasteiger partial charge in [0.2, 0.25) is 0 Å². The van der Waals surface area contributed by atoms with E-state index in [0.717, 1.165) is 26.1 Å². The van der Waals surface area contributed by atoms with Crippen molar-refractivity contribution >= 4 is 0 Å². The van der Waals surface area contributed by atoms with E-state index in [9.17, 15) is 0 Å². The summed E-state index contributed by atoms with van der Waals surface area (Å²) in [4.78, 5) is 0. The van der Waals surface area contributed by atoms with Gasteiger partial charge in [0, 0.05) is 32.9 Å². The number of nitrogens with zero attached hydrogens (tertiary/aromatic N) is 2. The molecule has 0 bridgehead atoms. The van der Waals surface area contributed by atoms with Crippen LogP contribution in [0.25, 0.3) is 0 Å². The van der Waals surface area contributed by atoms with Crippen LogP contribution in [-0.2, 0) is 31.0 Å². The van der Waals surface area contributed by atoms with E-state index >= 15 is 0 Å². The van der Waals surface area contributed by atoms with Crippen molar-refractivity contribution in [3.05, 3.63) is 53.3 Å². The summed E-state index contributed by atoms with van der Waals surface area (Å²) < 4.78 is 7.29. The highest BCUT2D eigenvalue weighted by Gasteiger charge is 2.03. The molecule has 0 radical (unpaired) electrons. The van der Waals surface area contributed by atoms with Crippen LogP contribution in [0.3, 0.4) is 0 Å². The van der Waals surface area contributed by atoms with Gasteiger partial charge in [-0.05, 0) is 23.6 Å². The highest BCUT2D eigenvalue weighted by molar-refractivity contribution is 5.26. The minimum atomic E-state index is 0.658. The fourth-order valence-corrected chi connectivity index (χ4v) is 2.27. The van der Waals surface area contributed by atoms with E-state index in [1.807, 2.05) is 12.3 Å². The van der Waals surface area contributed by atoms with Crippen LogP contribution in [0.4, 0.5) is 0 Å². The Morgan fingerprint density at radius 2 is 1.95 bits per heavy atom. The number of ether oxygens (including phenoxy) is 1. The van der Waals surface area contributed by atoms with Crippen molar-refractivity contribution in [1.82, 2.24) is 15.1 Å². The molecule has 1 aromatic heterocycles. The second kappa shape index (κ2) is 7.82. The van der Waals surface area contributed by atoms with Crippen LogP contribution in [0, 0.1) is 0 Å². The van der Waals surface area contributed by atoms with Crippen LogP contribution >= 0.6 is 0 Å². The van der Waals surface area contributed by atoms with Gasteiger partial charge in [0.1, 0.15) is 0 Å². The Balaban J connectivity index is 1.91. The fraction of sp³-hybridized carbons (Fsp3) is 0.438. The van der Waals surface area contributed by atoms with Gasteiger partial charge in [0.15, 0.2) is 0 Å². The number of hydrogen-bond acceptors (Lipinski definition) is 3. The Morgan fingerprint density at radius 1 is 1.15 bits per heavy atom.